The van der Waals surface area contributed by atoms with E-state index in [-0.39, 0.29) is 5.60 Å². The molecule has 0 spiro atoms. The van der Waals surface area contributed by atoms with Gasteiger partial charge >= 0.3 is 0 Å². The van der Waals surface area contributed by atoms with Crippen LogP contribution in [0.5, 0.6) is 0 Å². The van der Waals surface area contributed by atoms with Crippen molar-refractivity contribution in [3.05, 3.63) is 11.8 Å². The average Bonchev–Trinajstić information content (AvgIpc) is 2.99. The topological polar surface area (TPSA) is 60.2 Å². The van der Waals surface area contributed by atoms with Crippen molar-refractivity contribution in [2.45, 2.75) is 44.1 Å². The van der Waals surface area contributed by atoms with Gasteiger partial charge in [0.15, 0.2) is 0 Å². The molecule has 1 unspecified atom stereocenters. The molecule has 0 saturated carbocycles. The second-order valence-corrected chi connectivity index (χ2v) is 5.15. The Bertz CT molecular complexity index is 379. The first-order chi connectivity index (χ1) is 8.28. The highest BCUT2D eigenvalue weighted by Gasteiger charge is 2.38. The van der Waals surface area contributed by atoms with Gasteiger partial charge in [-0.1, -0.05) is 0 Å². The zero-order valence-electron chi connectivity index (χ0n) is 10.2. The molecule has 94 valence electrons. The molecule has 17 heavy (non-hydrogen) atoms. The fourth-order valence-electron chi connectivity index (χ4n) is 2.63. The van der Waals surface area contributed by atoms with Crippen molar-refractivity contribution in [1.82, 2.24) is 15.5 Å². The molecule has 2 aliphatic heterocycles. The number of rotatable bonds is 2. The summed E-state index contributed by atoms with van der Waals surface area (Å²) in [5.74, 6) is 1.87. The van der Waals surface area contributed by atoms with Gasteiger partial charge in [-0.3, -0.25) is 0 Å². The van der Waals surface area contributed by atoms with Crippen molar-refractivity contribution in [2.24, 2.45) is 0 Å². The molecule has 1 N–H and O–H groups in total. The highest BCUT2D eigenvalue weighted by Crippen LogP contribution is 2.36. The molecule has 0 radical (unpaired) electrons. The Morgan fingerprint density at radius 3 is 2.82 bits per heavy atom. The Balaban J connectivity index is 1.77. The van der Waals surface area contributed by atoms with Crippen molar-refractivity contribution in [3.63, 3.8) is 0 Å². The van der Waals surface area contributed by atoms with Gasteiger partial charge in [0.05, 0.1) is 0 Å². The van der Waals surface area contributed by atoms with Gasteiger partial charge < -0.3 is 14.5 Å². The van der Waals surface area contributed by atoms with Crippen molar-refractivity contribution in [3.8, 4) is 0 Å². The fraction of sp³-hybridized carbons (Fsp3) is 0.833. The summed E-state index contributed by atoms with van der Waals surface area (Å²) in [4.78, 5) is 0. The largest absolute Gasteiger partial charge is 0.422 e. The summed E-state index contributed by atoms with van der Waals surface area (Å²) >= 11 is 0. The first-order valence-electron chi connectivity index (χ1n) is 6.46. The Kier molecular flexibility index (Phi) is 2.88. The third kappa shape index (κ3) is 2.09. The van der Waals surface area contributed by atoms with Crippen LogP contribution in [0.4, 0.5) is 0 Å². The maximum absolute atomic E-state index is 5.84. The summed E-state index contributed by atoms with van der Waals surface area (Å²) in [7, 11) is 0. The van der Waals surface area contributed by atoms with E-state index in [1.807, 2.05) is 6.92 Å². The number of nitrogens with one attached hydrogen (secondary N) is 1. The van der Waals surface area contributed by atoms with E-state index in [2.05, 4.69) is 15.5 Å². The lowest BCUT2D eigenvalue weighted by Crippen LogP contribution is -2.26. The molecular formula is C12H19N3O2. The Morgan fingerprint density at radius 2 is 2.12 bits per heavy atom. The molecule has 0 bridgehead atoms. The summed E-state index contributed by atoms with van der Waals surface area (Å²) in [6, 6.07) is 0. The van der Waals surface area contributed by atoms with Crippen LogP contribution in [-0.4, -0.2) is 29.9 Å². The summed E-state index contributed by atoms with van der Waals surface area (Å²) in [5.41, 5.74) is -0.349. The number of hydrogen-bond acceptors (Lipinski definition) is 5. The minimum Gasteiger partial charge on any atom is -0.422 e. The molecule has 2 saturated heterocycles. The summed E-state index contributed by atoms with van der Waals surface area (Å²) < 4.78 is 11.6. The van der Waals surface area contributed by atoms with Gasteiger partial charge in [0, 0.05) is 12.5 Å². The van der Waals surface area contributed by atoms with Crippen LogP contribution in [0.15, 0.2) is 4.42 Å². The van der Waals surface area contributed by atoms with E-state index in [1.165, 1.54) is 0 Å². The van der Waals surface area contributed by atoms with Crippen molar-refractivity contribution >= 4 is 0 Å². The normalized spacial score (nSPS) is 30.9. The molecule has 3 heterocycles. The van der Waals surface area contributed by atoms with E-state index in [0.29, 0.717) is 11.8 Å². The van der Waals surface area contributed by atoms with E-state index >= 15 is 0 Å². The van der Waals surface area contributed by atoms with Crippen LogP contribution in [-0.2, 0) is 10.3 Å². The predicted octanol–water partition coefficient (Wildman–Crippen LogP) is 1.56. The molecule has 1 aromatic rings. The van der Waals surface area contributed by atoms with E-state index in [0.717, 1.165) is 51.3 Å². The molecule has 1 atom stereocenters. The van der Waals surface area contributed by atoms with Crippen molar-refractivity contribution < 1.29 is 9.15 Å². The van der Waals surface area contributed by atoms with Crippen LogP contribution in [0.2, 0.25) is 0 Å². The van der Waals surface area contributed by atoms with Crippen molar-refractivity contribution in [2.75, 3.05) is 19.7 Å². The van der Waals surface area contributed by atoms with Crippen LogP contribution < -0.4 is 5.32 Å². The SMILES string of the molecule is CC1(c2nnc(C3CCNCC3)o2)CCCO1. The average molecular weight is 237 g/mol. The predicted molar refractivity (Wildman–Crippen MR) is 61.7 cm³/mol. The zero-order valence-corrected chi connectivity index (χ0v) is 10.2. The third-order valence-electron chi connectivity index (χ3n) is 3.80. The number of aromatic nitrogens is 2. The van der Waals surface area contributed by atoms with Gasteiger partial charge in [-0.2, -0.15) is 0 Å². The molecular weight excluding hydrogens is 218 g/mol. The minimum absolute atomic E-state index is 0.349. The summed E-state index contributed by atoms with van der Waals surface area (Å²) in [6.07, 6.45) is 4.21. The van der Waals surface area contributed by atoms with E-state index < -0.39 is 0 Å². The zero-order chi connectivity index (χ0) is 11.7. The second-order valence-electron chi connectivity index (χ2n) is 5.15. The van der Waals surface area contributed by atoms with Crippen LogP contribution in [0, 0.1) is 0 Å². The maximum atomic E-state index is 5.84. The van der Waals surface area contributed by atoms with E-state index in [1.54, 1.807) is 0 Å². The number of piperidine rings is 1. The van der Waals surface area contributed by atoms with Gasteiger partial charge in [-0.25, -0.2) is 0 Å². The molecule has 2 fully saturated rings. The second kappa shape index (κ2) is 4.38. The summed E-state index contributed by atoms with van der Waals surface area (Å²) in [5, 5.41) is 11.7. The number of hydrogen-bond donors (Lipinski definition) is 1. The van der Waals surface area contributed by atoms with Crippen LogP contribution in [0.25, 0.3) is 0 Å². The monoisotopic (exact) mass is 237 g/mol. The molecule has 0 aromatic carbocycles. The standard InChI is InChI=1S/C12H19N3O2/c1-12(5-2-8-16-12)11-15-14-10(17-11)9-3-6-13-7-4-9/h9,13H,2-8H2,1H3. The lowest BCUT2D eigenvalue weighted by atomic mass is 9.98. The molecule has 1 aromatic heterocycles. The Labute approximate surface area is 101 Å². The van der Waals surface area contributed by atoms with Crippen LogP contribution in [0.1, 0.15) is 50.3 Å². The molecule has 3 rings (SSSR count). The fourth-order valence-corrected chi connectivity index (χ4v) is 2.63. The quantitative estimate of drug-likeness (QED) is 0.846. The molecule has 2 aliphatic rings. The van der Waals surface area contributed by atoms with Crippen LogP contribution in [0.3, 0.4) is 0 Å². The number of nitrogens with zero attached hydrogens (tertiary/aromatic N) is 2. The molecule has 5 nitrogen and oxygen atoms in total. The van der Waals surface area contributed by atoms with Crippen molar-refractivity contribution in [1.29, 1.82) is 0 Å². The Hall–Kier alpha value is -0.940. The maximum Gasteiger partial charge on any atom is 0.247 e. The molecule has 5 heteroatoms. The lowest BCUT2D eigenvalue weighted by Gasteiger charge is -2.20. The highest BCUT2D eigenvalue weighted by molar-refractivity contribution is 5.01. The molecule has 0 aliphatic carbocycles. The van der Waals surface area contributed by atoms with Gasteiger partial charge in [0.1, 0.15) is 5.60 Å². The molecule has 0 amide bonds. The van der Waals surface area contributed by atoms with Gasteiger partial charge in [-0.15, -0.1) is 10.2 Å². The number of ether oxygens (including phenoxy) is 1. The first-order valence-corrected chi connectivity index (χ1v) is 6.46. The Morgan fingerprint density at radius 1 is 1.29 bits per heavy atom. The first kappa shape index (κ1) is 11.2. The highest BCUT2D eigenvalue weighted by atomic mass is 16.5. The van der Waals surface area contributed by atoms with E-state index in [4.69, 9.17) is 9.15 Å². The lowest BCUT2D eigenvalue weighted by molar-refractivity contribution is -0.00649. The van der Waals surface area contributed by atoms with Gasteiger partial charge in [-0.05, 0) is 45.7 Å². The van der Waals surface area contributed by atoms with Gasteiger partial charge in [0.25, 0.3) is 0 Å². The third-order valence-corrected chi connectivity index (χ3v) is 3.80. The smallest absolute Gasteiger partial charge is 0.247 e. The van der Waals surface area contributed by atoms with Crippen LogP contribution >= 0.6 is 0 Å². The summed E-state index contributed by atoms with van der Waals surface area (Å²) in [6.45, 7) is 4.91. The van der Waals surface area contributed by atoms with Gasteiger partial charge in [0.2, 0.25) is 11.8 Å². The van der Waals surface area contributed by atoms with E-state index in [9.17, 15) is 0 Å². The minimum atomic E-state index is -0.349.